The fourth-order valence-electron chi connectivity index (χ4n) is 1.56. The van der Waals surface area contributed by atoms with Gasteiger partial charge in [0, 0.05) is 10.2 Å². The van der Waals surface area contributed by atoms with Crippen molar-refractivity contribution in [3.8, 4) is 0 Å². The van der Waals surface area contributed by atoms with Crippen LogP contribution in [0.4, 0.5) is 0 Å². The van der Waals surface area contributed by atoms with E-state index in [2.05, 4.69) is 35.6 Å². The molecule has 0 spiro atoms. The molecule has 0 saturated carbocycles. The molecule has 0 aromatic rings. The monoisotopic (exact) mass is 294 g/mol. The van der Waals surface area contributed by atoms with Gasteiger partial charge in [0.1, 0.15) is 0 Å². The van der Waals surface area contributed by atoms with E-state index in [1.807, 2.05) is 0 Å². The maximum absolute atomic E-state index is 5.60. The van der Waals surface area contributed by atoms with Gasteiger partial charge in [-0.25, -0.2) is 0 Å². The van der Waals surface area contributed by atoms with E-state index in [1.54, 1.807) is 0 Å². The Hall–Kier alpha value is 0.430. The van der Waals surface area contributed by atoms with Gasteiger partial charge in [-0.05, 0) is 48.3 Å². The van der Waals surface area contributed by atoms with Crippen molar-refractivity contribution in [2.24, 2.45) is 0 Å². The van der Waals surface area contributed by atoms with Crippen LogP contribution in [0.1, 0.15) is 45.4 Å². The van der Waals surface area contributed by atoms with Crippen LogP contribution >= 0.6 is 22.6 Å². The summed E-state index contributed by atoms with van der Waals surface area (Å²) in [6.07, 6.45) is 10.5. The molecule has 0 bridgehead atoms. The molecule has 2 heteroatoms. The topological polar surface area (TPSA) is 9.23 Å². The summed E-state index contributed by atoms with van der Waals surface area (Å²) in [6.45, 7) is 3.20. The van der Waals surface area contributed by atoms with Crippen LogP contribution in [0.5, 0.6) is 0 Å². The lowest BCUT2D eigenvalue weighted by Gasteiger charge is -2.07. The normalized spacial score (nSPS) is 23.8. The van der Waals surface area contributed by atoms with E-state index in [-0.39, 0.29) is 0 Å². The number of allylic oxidation sites excluding steroid dienone is 1. The summed E-state index contributed by atoms with van der Waals surface area (Å²) in [5, 5.41) is 0. The van der Waals surface area contributed by atoms with Crippen molar-refractivity contribution in [2.45, 2.75) is 51.6 Å². The first-order valence-electron chi connectivity index (χ1n) is 5.31. The third kappa shape index (κ3) is 4.45. The van der Waals surface area contributed by atoms with Crippen LogP contribution in [-0.4, -0.2) is 12.7 Å². The van der Waals surface area contributed by atoms with E-state index in [1.165, 1.54) is 42.1 Å². The van der Waals surface area contributed by atoms with Gasteiger partial charge in [-0.3, -0.25) is 0 Å². The standard InChI is InChI=1S/C11H19IO/c1-2-3-4-5-7-10(12)11-8-6-9-13-11/h7,11H,2-6,8-9H2,1H3/b10-7-/t11-/m1/s1. The second kappa shape index (κ2) is 6.82. The van der Waals surface area contributed by atoms with Gasteiger partial charge in [0.15, 0.2) is 0 Å². The number of ether oxygens (including phenoxy) is 1. The smallest absolute Gasteiger partial charge is 0.0879 e. The average Bonchev–Trinajstić information content (AvgIpc) is 2.65. The zero-order valence-corrected chi connectivity index (χ0v) is 10.5. The lowest BCUT2D eigenvalue weighted by molar-refractivity contribution is 0.144. The van der Waals surface area contributed by atoms with E-state index in [0.29, 0.717) is 6.10 Å². The summed E-state index contributed by atoms with van der Waals surface area (Å²) in [5.74, 6) is 0. The lowest BCUT2D eigenvalue weighted by atomic mass is 10.1. The van der Waals surface area contributed by atoms with E-state index in [0.717, 1.165) is 6.61 Å². The average molecular weight is 294 g/mol. The van der Waals surface area contributed by atoms with Crippen LogP contribution in [0.3, 0.4) is 0 Å². The summed E-state index contributed by atoms with van der Waals surface area (Å²) < 4.78 is 7.02. The second-order valence-electron chi connectivity index (χ2n) is 3.59. The zero-order valence-electron chi connectivity index (χ0n) is 8.39. The molecular formula is C11H19IO. The highest BCUT2D eigenvalue weighted by Crippen LogP contribution is 2.25. The molecule has 1 fully saturated rings. The number of rotatable bonds is 5. The van der Waals surface area contributed by atoms with Gasteiger partial charge in [0.25, 0.3) is 0 Å². The van der Waals surface area contributed by atoms with Crippen molar-refractivity contribution in [1.29, 1.82) is 0 Å². The Morgan fingerprint density at radius 3 is 3.00 bits per heavy atom. The van der Waals surface area contributed by atoms with Crippen LogP contribution in [0.15, 0.2) is 9.66 Å². The lowest BCUT2D eigenvalue weighted by Crippen LogP contribution is -2.03. The van der Waals surface area contributed by atoms with Gasteiger partial charge >= 0.3 is 0 Å². The SMILES string of the molecule is CCCCC/C=C(\I)[C@H]1CCCO1. The minimum Gasteiger partial charge on any atom is -0.373 e. The Morgan fingerprint density at radius 1 is 1.54 bits per heavy atom. The van der Waals surface area contributed by atoms with Gasteiger partial charge in [-0.2, -0.15) is 0 Å². The Balaban J connectivity index is 2.16. The fourth-order valence-corrected chi connectivity index (χ4v) is 2.36. The quantitative estimate of drug-likeness (QED) is 0.549. The summed E-state index contributed by atoms with van der Waals surface area (Å²) in [6, 6.07) is 0. The van der Waals surface area contributed by atoms with Gasteiger partial charge in [-0.1, -0.05) is 25.8 Å². The van der Waals surface area contributed by atoms with Gasteiger partial charge in [0.2, 0.25) is 0 Å². The molecule has 13 heavy (non-hydrogen) atoms. The minimum absolute atomic E-state index is 0.433. The molecule has 0 N–H and O–H groups in total. The molecule has 1 atom stereocenters. The molecule has 0 aliphatic carbocycles. The third-order valence-electron chi connectivity index (χ3n) is 2.38. The third-order valence-corrected chi connectivity index (χ3v) is 3.52. The van der Waals surface area contributed by atoms with Crippen molar-refractivity contribution in [2.75, 3.05) is 6.61 Å². The maximum atomic E-state index is 5.60. The number of halogens is 1. The van der Waals surface area contributed by atoms with Crippen LogP contribution in [-0.2, 0) is 4.74 Å². The van der Waals surface area contributed by atoms with Crippen molar-refractivity contribution in [3.05, 3.63) is 9.66 Å². The van der Waals surface area contributed by atoms with Gasteiger partial charge < -0.3 is 4.74 Å². The van der Waals surface area contributed by atoms with Crippen molar-refractivity contribution in [1.82, 2.24) is 0 Å². The largest absolute Gasteiger partial charge is 0.373 e. The Labute approximate surface area is 95.1 Å². The zero-order chi connectivity index (χ0) is 9.52. The summed E-state index contributed by atoms with van der Waals surface area (Å²) >= 11 is 2.43. The molecule has 1 saturated heterocycles. The molecular weight excluding hydrogens is 275 g/mol. The van der Waals surface area contributed by atoms with Gasteiger partial charge in [-0.15, -0.1) is 0 Å². The summed E-state index contributed by atoms with van der Waals surface area (Å²) in [5.41, 5.74) is 0. The molecule has 76 valence electrons. The van der Waals surface area contributed by atoms with Crippen LogP contribution < -0.4 is 0 Å². The highest BCUT2D eigenvalue weighted by molar-refractivity contribution is 14.1. The molecule has 0 unspecified atom stereocenters. The van der Waals surface area contributed by atoms with Crippen molar-refractivity contribution < 1.29 is 4.74 Å². The Bertz CT molecular complexity index is 159. The van der Waals surface area contributed by atoms with E-state index in [9.17, 15) is 0 Å². The molecule has 1 heterocycles. The molecule has 1 nitrogen and oxygen atoms in total. The number of hydrogen-bond donors (Lipinski definition) is 0. The highest BCUT2D eigenvalue weighted by Gasteiger charge is 2.17. The van der Waals surface area contributed by atoms with E-state index < -0.39 is 0 Å². The molecule has 0 radical (unpaired) electrons. The van der Waals surface area contributed by atoms with Crippen molar-refractivity contribution in [3.63, 3.8) is 0 Å². The first-order chi connectivity index (χ1) is 6.34. The molecule has 1 aliphatic heterocycles. The fraction of sp³-hybridized carbons (Fsp3) is 0.818. The Kier molecular flexibility index (Phi) is 6.04. The van der Waals surface area contributed by atoms with Crippen LogP contribution in [0, 0.1) is 0 Å². The molecule has 1 rings (SSSR count). The highest BCUT2D eigenvalue weighted by atomic mass is 127. The van der Waals surface area contributed by atoms with Crippen LogP contribution in [0.25, 0.3) is 0 Å². The van der Waals surface area contributed by atoms with E-state index >= 15 is 0 Å². The molecule has 1 aliphatic rings. The van der Waals surface area contributed by atoms with Crippen LogP contribution in [0.2, 0.25) is 0 Å². The molecule has 0 amide bonds. The van der Waals surface area contributed by atoms with Gasteiger partial charge in [0.05, 0.1) is 6.10 Å². The maximum Gasteiger partial charge on any atom is 0.0879 e. The second-order valence-corrected chi connectivity index (χ2v) is 4.83. The first kappa shape index (κ1) is 11.5. The molecule has 0 aromatic heterocycles. The van der Waals surface area contributed by atoms with E-state index in [4.69, 9.17) is 4.74 Å². The minimum atomic E-state index is 0.433. The predicted molar refractivity (Wildman–Crippen MR) is 65.2 cm³/mol. The molecule has 0 aromatic carbocycles. The number of unbranched alkanes of at least 4 members (excludes halogenated alkanes) is 3. The number of hydrogen-bond acceptors (Lipinski definition) is 1. The van der Waals surface area contributed by atoms with Crippen molar-refractivity contribution >= 4 is 22.6 Å². The predicted octanol–water partition coefficient (Wildman–Crippen LogP) is 4.06. The summed E-state index contributed by atoms with van der Waals surface area (Å²) in [7, 11) is 0. The summed E-state index contributed by atoms with van der Waals surface area (Å²) in [4.78, 5) is 0. The first-order valence-corrected chi connectivity index (χ1v) is 6.39. The Morgan fingerprint density at radius 2 is 2.38 bits per heavy atom.